The molecule has 1 amide bonds. The van der Waals surface area contributed by atoms with Crippen molar-refractivity contribution in [3.63, 3.8) is 0 Å². The molecular weight excluding hydrogens is 346 g/mol. The Balaban J connectivity index is 1.63. The Kier molecular flexibility index (Phi) is 3.03. The fraction of sp³-hybridized carbons (Fsp3) is 0.286. The third-order valence-corrected chi connectivity index (χ3v) is 3.93. The van der Waals surface area contributed by atoms with Crippen LogP contribution in [-0.2, 0) is 0 Å². The van der Waals surface area contributed by atoms with E-state index in [-0.39, 0.29) is 22.5 Å². The number of fused-ring (bicyclic) bond motifs is 1. The van der Waals surface area contributed by atoms with Gasteiger partial charge in [0.15, 0.2) is 10.8 Å². The number of hydrogen-bond donors (Lipinski definition) is 2. The molecule has 0 aliphatic carbocycles. The van der Waals surface area contributed by atoms with Crippen LogP contribution in [0.2, 0.25) is 5.15 Å². The highest BCUT2D eigenvalue weighted by molar-refractivity contribution is 6.29. The maximum atomic E-state index is 12.2. The normalized spacial score (nSPS) is 15.9. The van der Waals surface area contributed by atoms with Crippen LogP contribution >= 0.6 is 11.6 Å². The molecule has 1 aliphatic rings. The van der Waals surface area contributed by atoms with Crippen LogP contribution < -0.4 is 15.5 Å². The first-order valence-electron chi connectivity index (χ1n) is 8.89. The van der Waals surface area contributed by atoms with Crippen LogP contribution in [0, 0.1) is 0 Å². The van der Waals surface area contributed by atoms with Gasteiger partial charge in [-0.3, -0.25) is 4.79 Å². The predicted octanol–water partition coefficient (Wildman–Crippen LogP) is 0.881. The second-order valence-electron chi connectivity index (χ2n) is 5.34. The molecule has 0 atom stereocenters. The van der Waals surface area contributed by atoms with Gasteiger partial charge in [0, 0.05) is 30.2 Å². The lowest BCUT2D eigenvalue weighted by Crippen LogP contribution is -2.37. The summed E-state index contributed by atoms with van der Waals surface area (Å²) in [5.74, 6) is -0.442. The zero-order valence-electron chi connectivity index (χ0n) is 15.8. The molecule has 0 saturated carbocycles. The summed E-state index contributed by atoms with van der Waals surface area (Å²) in [6.07, 6.45) is 4.66. The standard InChI is InChI=1S/C14H14ClN9O/c1-16-12(25)11-9(5-10(15)20-21-11)18-13-19-14-17-6-8(7-24(14)22-13)23-3-2-4-23/h5-7H,2-4H2,1H3,(H,16,25)(H,18,20,22)/i1D3. The lowest BCUT2D eigenvalue weighted by Gasteiger charge is -2.32. The molecule has 4 rings (SSSR count). The van der Waals surface area contributed by atoms with Crippen molar-refractivity contribution in [2.75, 3.05) is 30.3 Å². The van der Waals surface area contributed by atoms with Crippen molar-refractivity contribution in [1.29, 1.82) is 0 Å². The van der Waals surface area contributed by atoms with Gasteiger partial charge in [0.2, 0.25) is 5.95 Å². The summed E-state index contributed by atoms with van der Waals surface area (Å²) in [5, 5.41) is 16.2. The maximum absolute atomic E-state index is 12.2. The monoisotopic (exact) mass is 362 g/mol. The van der Waals surface area contributed by atoms with E-state index in [1.165, 1.54) is 10.6 Å². The van der Waals surface area contributed by atoms with Gasteiger partial charge in [-0.1, -0.05) is 11.6 Å². The number of carbonyl (C=O) groups excluding carboxylic acids is 1. The Bertz CT molecular complexity index is 1050. The van der Waals surface area contributed by atoms with E-state index in [2.05, 4.69) is 35.5 Å². The molecule has 0 spiro atoms. The number of carbonyl (C=O) groups is 1. The summed E-state index contributed by atoms with van der Waals surface area (Å²) >= 11 is 5.86. The molecule has 3 aromatic rings. The molecule has 1 saturated heterocycles. The first kappa shape index (κ1) is 12.4. The average molecular weight is 363 g/mol. The molecule has 4 heterocycles. The van der Waals surface area contributed by atoms with Crippen molar-refractivity contribution >= 4 is 40.6 Å². The third-order valence-electron chi connectivity index (χ3n) is 3.74. The molecule has 1 fully saturated rings. The Labute approximate surface area is 151 Å². The average Bonchev–Trinajstić information content (AvgIpc) is 2.93. The Morgan fingerprint density at radius 3 is 3.04 bits per heavy atom. The second-order valence-corrected chi connectivity index (χ2v) is 5.73. The number of amides is 1. The van der Waals surface area contributed by atoms with E-state index in [4.69, 9.17) is 15.7 Å². The van der Waals surface area contributed by atoms with Crippen molar-refractivity contribution < 1.29 is 8.91 Å². The van der Waals surface area contributed by atoms with E-state index in [1.807, 2.05) is 5.32 Å². The van der Waals surface area contributed by atoms with Gasteiger partial charge in [0.25, 0.3) is 11.7 Å². The van der Waals surface area contributed by atoms with E-state index in [0.717, 1.165) is 25.2 Å². The minimum Gasteiger partial charge on any atom is -0.369 e. The molecule has 2 N–H and O–H groups in total. The fourth-order valence-corrected chi connectivity index (χ4v) is 2.52. The van der Waals surface area contributed by atoms with Crippen molar-refractivity contribution in [1.82, 2.24) is 35.1 Å². The van der Waals surface area contributed by atoms with Gasteiger partial charge in [-0.2, -0.15) is 4.98 Å². The number of nitrogens with one attached hydrogen (secondary N) is 2. The quantitative estimate of drug-likeness (QED) is 0.703. The number of halogens is 1. The van der Waals surface area contributed by atoms with E-state index in [0.29, 0.717) is 5.78 Å². The predicted molar refractivity (Wildman–Crippen MR) is 91.3 cm³/mol. The third kappa shape index (κ3) is 2.91. The minimum atomic E-state index is -2.67. The van der Waals surface area contributed by atoms with E-state index < -0.39 is 12.9 Å². The molecule has 0 aromatic carbocycles. The molecule has 1 aliphatic heterocycles. The summed E-state index contributed by atoms with van der Waals surface area (Å²) in [6.45, 7) is -0.736. The van der Waals surface area contributed by atoms with Crippen molar-refractivity contribution in [2.24, 2.45) is 0 Å². The van der Waals surface area contributed by atoms with Crippen LogP contribution in [0.5, 0.6) is 0 Å². The lowest BCUT2D eigenvalue weighted by atomic mass is 10.2. The number of aromatic nitrogens is 6. The number of hydrogen-bond acceptors (Lipinski definition) is 8. The van der Waals surface area contributed by atoms with Gasteiger partial charge in [-0.05, 0) is 6.42 Å². The fourth-order valence-electron chi connectivity index (χ4n) is 2.37. The number of rotatable bonds is 4. The molecule has 10 nitrogen and oxygen atoms in total. The summed E-state index contributed by atoms with van der Waals surface area (Å²) < 4.78 is 23.0. The summed E-state index contributed by atoms with van der Waals surface area (Å²) in [5.41, 5.74) is 0.788. The largest absolute Gasteiger partial charge is 0.369 e. The molecule has 128 valence electrons. The number of nitrogens with zero attached hydrogens (tertiary/aromatic N) is 7. The molecule has 25 heavy (non-hydrogen) atoms. The zero-order chi connectivity index (χ0) is 19.9. The first-order chi connectivity index (χ1) is 13.3. The Hall–Kier alpha value is -3.01. The van der Waals surface area contributed by atoms with Crippen LogP contribution in [0.25, 0.3) is 5.78 Å². The zero-order valence-corrected chi connectivity index (χ0v) is 13.5. The van der Waals surface area contributed by atoms with Gasteiger partial charge in [0.05, 0.1) is 23.8 Å². The van der Waals surface area contributed by atoms with Crippen LogP contribution in [0.3, 0.4) is 0 Å². The summed E-state index contributed by atoms with van der Waals surface area (Å²) in [4.78, 5) is 22.9. The maximum Gasteiger partial charge on any atom is 0.273 e. The van der Waals surface area contributed by atoms with Gasteiger partial charge in [-0.15, -0.1) is 15.3 Å². The van der Waals surface area contributed by atoms with Crippen LogP contribution in [0.1, 0.15) is 21.0 Å². The van der Waals surface area contributed by atoms with Gasteiger partial charge >= 0.3 is 0 Å². The highest BCUT2D eigenvalue weighted by atomic mass is 35.5. The summed E-state index contributed by atoms with van der Waals surface area (Å²) in [6, 6.07) is 1.33. The highest BCUT2D eigenvalue weighted by Gasteiger charge is 2.18. The smallest absolute Gasteiger partial charge is 0.273 e. The molecular formula is C14H14ClN9O. The van der Waals surface area contributed by atoms with Gasteiger partial charge in [0.1, 0.15) is 0 Å². The van der Waals surface area contributed by atoms with Gasteiger partial charge in [-0.25, -0.2) is 9.50 Å². The van der Waals surface area contributed by atoms with E-state index >= 15 is 0 Å². The topological polar surface area (TPSA) is 113 Å². The minimum absolute atomic E-state index is 0.00916. The lowest BCUT2D eigenvalue weighted by molar-refractivity contribution is 0.0958. The number of anilines is 3. The highest BCUT2D eigenvalue weighted by Crippen LogP contribution is 2.22. The van der Waals surface area contributed by atoms with Crippen molar-refractivity contribution in [2.45, 2.75) is 6.42 Å². The molecule has 3 aromatic heterocycles. The molecule has 0 bridgehead atoms. The van der Waals surface area contributed by atoms with Crippen molar-refractivity contribution in [3.8, 4) is 0 Å². The van der Waals surface area contributed by atoms with Crippen LogP contribution in [-0.4, -0.2) is 55.8 Å². The first-order valence-corrected chi connectivity index (χ1v) is 7.76. The van der Waals surface area contributed by atoms with E-state index in [1.54, 1.807) is 12.4 Å². The van der Waals surface area contributed by atoms with Gasteiger partial charge < -0.3 is 15.5 Å². The van der Waals surface area contributed by atoms with Crippen LogP contribution in [0.15, 0.2) is 18.5 Å². The molecule has 11 heteroatoms. The summed E-state index contributed by atoms with van der Waals surface area (Å²) in [7, 11) is 0. The Morgan fingerprint density at radius 2 is 2.28 bits per heavy atom. The second kappa shape index (κ2) is 6.13. The van der Waals surface area contributed by atoms with Crippen molar-refractivity contribution in [3.05, 3.63) is 29.3 Å². The Morgan fingerprint density at radius 1 is 1.40 bits per heavy atom. The van der Waals surface area contributed by atoms with Crippen LogP contribution in [0.4, 0.5) is 17.3 Å². The molecule has 0 radical (unpaired) electrons. The molecule has 0 unspecified atom stereocenters. The SMILES string of the molecule is [2H]C([2H])([2H])NC(=O)c1nnc(Cl)cc1Nc1nc2ncc(N3CCC3)cn2n1. The van der Waals surface area contributed by atoms with E-state index in [9.17, 15) is 4.79 Å².